The Morgan fingerprint density at radius 2 is 2.23 bits per heavy atom. The fraction of sp³-hybridized carbons (Fsp3) is 0.222. The Morgan fingerprint density at radius 3 is 2.77 bits per heavy atom. The summed E-state index contributed by atoms with van der Waals surface area (Å²) >= 11 is 5.39. The zero-order valence-corrected chi connectivity index (χ0v) is 7.64. The molecule has 2 N–H and O–H groups in total. The maximum Gasteiger partial charge on any atom is 0.166 e. The third-order valence-electron chi connectivity index (χ3n) is 1.64. The second kappa shape index (κ2) is 4.23. The van der Waals surface area contributed by atoms with Gasteiger partial charge in [0.1, 0.15) is 5.82 Å². The number of halogens is 2. The SMILES string of the molecule is Nc1cc(F)ccc1C(=O)CCCl. The monoisotopic (exact) mass is 201 g/mol. The molecule has 2 nitrogen and oxygen atoms in total. The number of hydrogen-bond acceptors (Lipinski definition) is 2. The molecule has 1 rings (SSSR count). The van der Waals surface area contributed by atoms with Crippen molar-refractivity contribution in [1.82, 2.24) is 0 Å². The number of benzene rings is 1. The van der Waals surface area contributed by atoms with Crippen molar-refractivity contribution in [2.24, 2.45) is 0 Å². The van der Waals surface area contributed by atoms with E-state index in [1.54, 1.807) is 0 Å². The van der Waals surface area contributed by atoms with E-state index in [-0.39, 0.29) is 23.8 Å². The number of nitrogen functional groups attached to an aromatic ring is 1. The normalized spacial score (nSPS) is 10.0. The smallest absolute Gasteiger partial charge is 0.166 e. The van der Waals surface area contributed by atoms with Crippen LogP contribution in [0.1, 0.15) is 16.8 Å². The summed E-state index contributed by atoms with van der Waals surface area (Å²) in [4.78, 5) is 11.3. The molecule has 0 aliphatic rings. The van der Waals surface area contributed by atoms with Crippen molar-refractivity contribution in [3.8, 4) is 0 Å². The minimum atomic E-state index is -0.445. The van der Waals surface area contributed by atoms with Crippen LogP contribution in [-0.2, 0) is 0 Å². The number of carbonyl (C=O) groups excluding carboxylic acids is 1. The lowest BCUT2D eigenvalue weighted by atomic mass is 10.1. The Hall–Kier alpha value is -1.09. The van der Waals surface area contributed by atoms with Gasteiger partial charge in [-0.1, -0.05) is 0 Å². The van der Waals surface area contributed by atoms with Crippen LogP contribution in [0.3, 0.4) is 0 Å². The standard InChI is InChI=1S/C9H9ClFNO/c10-4-3-9(13)7-2-1-6(11)5-8(7)12/h1-2,5H,3-4,12H2. The number of carbonyl (C=O) groups is 1. The van der Waals surface area contributed by atoms with E-state index < -0.39 is 5.82 Å². The number of anilines is 1. The third-order valence-corrected chi connectivity index (χ3v) is 1.82. The third kappa shape index (κ3) is 2.42. The molecule has 0 spiro atoms. The molecule has 0 fully saturated rings. The second-order valence-electron chi connectivity index (χ2n) is 2.59. The lowest BCUT2D eigenvalue weighted by molar-refractivity contribution is 0.0990. The number of rotatable bonds is 3. The van der Waals surface area contributed by atoms with Gasteiger partial charge in [0.05, 0.1) is 0 Å². The molecule has 0 atom stereocenters. The highest BCUT2D eigenvalue weighted by atomic mass is 35.5. The molecule has 13 heavy (non-hydrogen) atoms. The molecular formula is C9H9ClFNO. The number of ketones is 1. The van der Waals surface area contributed by atoms with Crippen LogP contribution in [-0.4, -0.2) is 11.7 Å². The van der Waals surface area contributed by atoms with Gasteiger partial charge in [-0.05, 0) is 18.2 Å². The highest BCUT2D eigenvalue weighted by molar-refractivity contribution is 6.19. The summed E-state index contributed by atoms with van der Waals surface area (Å²) in [5.41, 5.74) is 5.95. The second-order valence-corrected chi connectivity index (χ2v) is 2.97. The first-order chi connectivity index (χ1) is 6.15. The zero-order chi connectivity index (χ0) is 9.84. The van der Waals surface area contributed by atoms with Gasteiger partial charge in [0.25, 0.3) is 0 Å². The van der Waals surface area contributed by atoms with E-state index in [4.69, 9.17) is 17.3 Å². The molecule has 0 aliphatic carbocycles. The molecule has 0 saturated carbocycles. The minimum Gasteiger partial charge on any atom is -0.398 e. The fourth-order valence-corrected chi connectivity index (χ4v) is 1.18. The predicted molar refractivity (Wildman–Crippen MR) is 50.5 cm³/mol. The highest BCUT2D eigenvalue weighted by Gasteiger charge is 2.08. The van der Waals surface area contributed by atoms with Gasteiger partial charge < -0.3 is 5.73 Å². The highest BCUT2D eigenvalue weighted by Crippen LogP contribution is 2.15. The Balaban J connectivity index is 2.95. The Labute approximate surface area is 80.5 Å². The largest absolute Gasteiger partial charge is 0.398 e. The summed E-state index contributed by atoms with van der Waals surface area (Å²) in [6.07, 6.45) is 0.220. The fourth-order valence-electron chi connectivity index (χ4n) is 1.01. The maximum absolute atomic E-state index is 12.6. The molecule has 0 saturated heterocycles. The van der Waals surface area contributed by atoms with Crippen molar-refractivity contribution < 1.29 is 9.18 Å². The van der Waals surface area contributed by atoms with Crippen LogP contribution in [0.25, 0.3) is 0 Å². The quantitative estimate of drug-likeness (QED) is 0.463. The number of nitrogens with two attached hydrogens (primary N) is 1. The lowest BCUT2D eigenvalue weighted by Gasteiger charge is -2.02. The number of hydrogen-bond donors (Lipinski definition) is 1. The van der Waals surface area contributed by atoms with E-state index in [1.807, 2.05) is 0 Å². The molecule has 1 aromatic carbocycles. The zero-order valence-electron chi connectivity index (χ0n) is 6.89. The first-order valence-electron chi connectivity index (χ1n) is 3.79. The van der Waals surface area contributed by atoms with Crippen LogP contribution in [0.2, 0.25) is 0 Å². The van der Waals surface area contributed by atoms with E-state index in [0.717, 1.165) is 6.07 Å². The van der Waals surface area contributed by atoms with Crippen LogP contribution >= 0.6 is 11.6 Å². The van der Waals surface area contributed by atoms with Gasteiger partial charge in [0.2, 0.25) is 0 Å². The summed E-state index contributed by atoms with van der Waals surface area (Å²) in [7, 11) is 0. The Bertz CT molecular complexity index is 327. The van der Waals surface area contributed by atoms with E-state index >= 15 is 0 Å². The molecule has 0 aromatic heterocycles. The van der Waals surface area contributed by atoms with Crippen LogP contribution in [0.15, 0.2) is 18.2 Å². The molecule has 4 heteroatoms. The van der Waals surface area contributed by atoms with Crippen LogP contribution in [0, 0.1) is 5.82 Å². The van der Waals surface area contributed by atoms with Crippen molar-refractivity contribution in [3.05, 3.63) is 29.6 Å². The minimum absolute atomic E-state index is 0.160. The van der Waals surface area contributed by atoms with Gasteiger partial charge in [-0.25, -0.2) is 4.39 Å². The van der Waals surface area contributed by atoms with Gasteiger partial charge in [-0.2, -0.15) is 0 Å². The summed E-state index contributed by atoms with van der Waals surface area (Å²) in [5, 5.41) is 0. The molecule has 0 bridgehead atoms. The summed E-state index contributed by atoms with van der Waals surface area (Å²) in [5.74, 6) is -0.359. The average Bonchev–Trinajstić information content (AvgIpc) is 2.04. The average molecular weight is 202 g/mol. The van der Waals surface area contributed by atoms with Crippen molar-refractivity contribution in [2.75, 3.05) is 11.6 Å². The molecule has 0 heterocycles. The van der Waals surface area contributed by atoms with E-state index in [0.29, 0.717) is 5.56 Å². The van der Waals surface area contributed by atoms with E-state index in [2.05, 4.69) is 0 Å². The van der Waals surface area contributed by atoms with Gasteiger partial charge in [0, 0.05) is 23.6 Å². The molecule has 1 aromatic rings. The summed E-state index contributed by atoms with van der Waals surface area (Å²) in [6.45, 7) is 0. The summed E-state index contributed by atoms with van der Waals surface area (Å²) in [6, 6.07) is 3.71. The Morgan fingerprint density at radius 1 is 1.54 bits per heavy atom. The topological polar surface area (TPSA) is 43.1 Å². The first-order valence-corrected chi connectivity index (χ1v) is 4.33. The van der Waals surface area contributed by atoms with Gasteiger partial charge in [-0.3, -0.25) is 4.79 Å². The van der Waals surface area contributed by atoms with Crippen LogP contribution < -0.4 is 5.73 Å². The lowest BCUT2D eigenvalue weighted by Crippen LogP contribution is -2.04. The van der Waals surface area contributed by atoms with Crippen molar-refractivity contribution in [3.63, 3.8) is 0 Å². The maximum atomic E-state index is 12.6. The van der Waals surface area contributed by atoms with Crippen LogP contribution in [0.5, 0.6) is 0 Å². The van der Waals surface area contributed by atoms with Gasteiger partial charge in [-0.15, -0.1) is 11.6 Å². The molecule has 70 valence electrons. The molecule has 0 radical (unpaired) electrons. The first kappa shape index (κ1) is 9.99. The Kier molecular flexibility index (Phi) is 3.25. The van der Waals surface area contributed by atoms with Crippen molar-refractivity contribution >= 4 is 23.1 Å². The van der Waals surface area contributed by atoms with E-state index in [9.17, 15) is 9.18 Å². The summed E-state index contributed by atoms with van der Waals surface area (Å²) < 4.78 is 12.6. The molecule has 0 amide bonds. The van der Waals surface area contributed by atoms with Crippen molar-refractivity contribution in [2.45, 2.75) is 6.42 Å². The van der Waals surface area contributed by atoms with Crippen molar-refractivity contribution in [1.29, 1.82) is 0 Å². The molecule has 0 unspecified atom stereocenters. The van der Waals surface area contributed by atoms with Gasteiger partial charge in [0.15, 0.2) is 5.78 Å². The molecular weight excluding hydrogens is 193 g/mol. The van der Waals surface area contributed by atoms with E-state index in [1.165, 1.54) is 12.1 Å². The number of alkyl halides is 1. The van der Waals surface area contributed by atoms with Gasteiger partial charge >= 0.3 is 0 Å². The predicted octanol–water partition coefficient (Wildman–Crippen LogP) is 2.22. The molecule has 0 aliphatic heterocycles. The van der Waals surface area contributed by atoms with Crippen LogP contribution in [0.4, 0.5) is 10.1 Å². The number of Topliss-reactive ketones (excluding diaryl/α,β-unsaturated/α-hetero) is 1.